The Balaban J connectivity index is 2.24. The van der Waals surface area contributed by atoms with Crippen LogP contribution in [-0.2, 0) is 0 Å². The van der Waals surface area contributed by atoms with Gasteiger partial charge in [0.1, 0.15) is 5.75 Å². The van der Waals surface area contributed by atoms with Crippen molar-refractivity contribution in [3.8, 4) is 5.75 Å². The molecular weight excluding hydrogens is 330 g/mol. The number of halogens is 1. The van der Waals surface area contributed by atoms with E-state index in [1.165, 1.54) is 0 Å². The molecule has 0 unspecified atom stereocenters. The van der Waals surface area contributed by atoms with Crippen molar-refractivity contribution < 1.29 is 9.53 Å². The van der Waals surface area contributed by atoms with E-state index in [1.54, 1.807) is 12.1 Å². The van der Waals surface area contributed by atoms with Gasteiger partial charge in [0.15, 0.2) is 0 Å². The van der Waals surface area contributed by atoms with E-state index in [1.807, 2.05) is 45.0 Å². The molecule has 0 atom stereocenters. The van der Waals surface area contributed by atoms with Crippen molar-refractivity contribution in [2.75, 3.05) is 11.9 Å². The summed E-state index contributed by atoms with van der Waals surface area (Å²) in [6.45, 7) is 6.45. The van der Waals surface area contributed by atoms with E-state index in [-0.39, 0.29) is 5.91 Å². The Labute approximate surface area is 133 Å². The molecule has 0 spiro atoms. The van der Waals surface area contributed by atoms with Crippen LogP contribution in [0.15, 0.2) is 40.9 Å². The first-order chi connectivity index (χ1) is 10.0. The summed E-state index contributed by atoms with van der Waals surface area (Å²) in [6, 6.07) is 11.2. The minimum atomic E-state index is -0.134. The topological polar surface area (TPSA) is 38.3 Å². The molecule has 0 aliphatic rings. The van der Waals surface area contributed by atoms with E-state index in [4.69, 9.17) is 4.74 Å². The van der Waals surface area contributed by atoms with Crippen molar-refractivity contribution in [3.63, 3.8) is 0 Å². The Kier molecular flexibility index (Phi) is 5.02. The first-order valence-corrected chi connectivity index (χ1v) is 7.61. The summed E-state index contributed by atoms with van der Waals surface area (Å²) in [4.78, 5) is 12.4. The standard InChI is InChI=1S/C17H18BrNO2/c1-4-21-15-7-5-6-13(10-15)17(20)19-16-11(2)8-14(18)9-12(16)3/h5-10H,4H2,1-3H3,(H,19,20). The van der Waals surface area contributed by atoms with Crippen LogP contribution in [0, 0.1) is 13.8 Å². The van der Waals surface area contributed by atoms with Gasteiger partial charge in [0.2, 0.25) is 0 Å². The lowest BCUT2D eigenvalue weighted by Crippen LogP contribution is -2.14. The van der Waals surface area contributed by atoms with E-state index in [0.29, 0.717) is 17.9 Å². The highest BCUT2D eigenvalue weighted by Crippen LogP contribution is 2.26. The SMILES string of the molecule is CCOc1cccc(C(=O)Nc2c(C)cc(Br)cc2C)c1. The normalized spacial score (nSPS) is 10.3. The third kappa shape index (κ3) is 3.85. The summed E-state index contributed by atoms with van der Waals surface area (Å²) >= 11 is 3.46. The quantitative estimate of drug-likeness (QED) is 0.868. The summed E-state index contributed by atoms with van der Waals surface area (Å²) in [7, 11) is 0. The number of nitrogens with one attached hydrogen (secondary N) is 1. The van der Waals surface area contributed by atoms with Crippen LogP contribution in [0.5, 0.6) is 5.75 Å². The van der Waals surface area contributed by atoms with Crippen LogP contribution in [0.3, 0.4) is 0 Å². The summed E-state index contributed by atoms with van der Waals surface area (Å²) in [5, 5.41) is 2.98. The minimum absolute atomic E-state index is 0.134. The second-order valence-corrected chi connectivity index (χ2v) is 5.75. The molecule has 0 aromatic heterocycles. The van der Waals surface area contributed by atoms with E-state index in [2.05, 4.69) is 21.2 Å². The van der Waals surface area contributed by atoms with Gasteiger partial charge in [-0.1, -0.05) is 22.0 Å². The highest BCUT2D eigenvalue weighted by Gasteiger charge is 2.11. The number of aryl methyl sites for hydroxylation is 2. The zero-order chi connectivity index (χ0) is 15.4. The Morgan fingerprint density at radius 2 is 1.86 bits per heavy atom. The van der Waals surface area contributed by atoms with Gasteiger partial charge in [-0.2, -0.15) is 0 Å². The van der Waals surface area contributed by atoms with Crippen LogP contribution in [0.25, 0.3) is 0 Å². The molecule has 21 heavy (non-hydrogen) atoms. The molecule has 0 bridgehead atoms. The van der Waals surface area contributed by atoms with E-state index >= 15 is 0 Å². The number of ether oxygens (including phenoxy) is 1. The highest BCUT2D eigenvalue weighted by molar-refractivity contribution is 9.10. The van der Waals surface area contributed by atoms with Gasteiger partial charge in [0.05, 0.1) is 6.61 Å². The molecule has 3 nitrogen and oxygen atoms in total. The number of benzene rings is 2. The van der Waals surface area contributed by atoms with Gasteiger partial charge >= 0.3 is 0 Å². The predicted molar refractivity (Wildman–Crippen MR) is 89.2 cm³/mol. The van der Waals surface area contributed by atoms with Gasteiger partial charge < -0.3 is 10.1 Å². The van der Waals surface area contributed by atoms with Crippen LogP contribution in [0.2, 0.25) is 0 Å². The predicted octanol–water partition coefficient (Wildman–Crippen LogP) is 4.72. The van der Waals surface area contributed by atoms with Crippen LogP contribution in [0.4, 0.5) is 5.69 Å². The van der Waals surface area contributed by atoms with E-state index in [0.717, 1.165) is 21.3 Å². The number of carbonyl (C=O) groups excluding carboxylic acids is 1. The molecule has 0 radical (unpaired) electrons. The molecule has 0 fully saturated rings. The fourth-order valence-electron chi connectivity index (χ4n) is 2.19. The second-order valence-electron chi connectivity index (χ2n) is 4.83. The van der Waals surface area contributed by atoms with Crippen LogP contribution >= 0.6 is 15.9 Å². The molecule has 0 saturated carbocycles. The number of carbonyl (C=O) groups is 1. The van der Waals surface area contributed by atoms with Crippen molar-refractivity contribution in [3.05, 3.63) is 57.6 Å². The minimum Gasteiger partial charge on any atom is -0.494 e. The fraction of sp³-hybridized carbons (Fsp3) is 0.235. The number of rotatable bonds is 4. The lowest BCUT2D eigenvalue weighted by molar-refractivity contribution is 0.102. The van der Waals surface area contributed by atoms with Crippen molar-refractivity contribution >= 4 is 27.5 Å². The molecule has 0 aliphatic heterocycles. The maximum Gasteiger partial charge on any atom is 0.255 e. The molecule has 2 aromatic rings. The van der Waals surface area contributed by atoms with Crippen molar-refractivity contribution in [1.29, 1.82) is 0 Å². The molecule has 2 rings (SSSR count). The molecule has 1 N–H and O–H groups in total. The maximum atomic E-state index is 12.4. The van der Waals surface area contributed by atoms with Gasteiger partial charge in [0, 0.05) is 15.7 Å². The summed E-state index contributed by atoms with van der Waals surface area (Å²) in [5.74, 6) is 0.569. The Bertz CT molecular complexity index is 645. The van der Waals surface area contributed by atoms with Gasteiger partial charge in [-0.3, -0.25) is 4.79 Å². The second kappa shape index (κ2) is 6.76. The van der Waals surface area contributed by atoms with Gasteiger partial charge in [0.25, 0.3) is 5.91 Å². The molecule has 110 valence electrons. The molecule has 2 aromatic carbocycles. The first-order valence-electron chi connectivity index (χ1n) is 6.82. The molecule has 0 heterocycles. The van der Waals surface area contributed by atoms with Gasteiger partial charge in [-0.25, -0.2) is 0 Å². The number of amides is 1. The Morgan fingerprint density at radius 1 is 1.19 bits per heavy atom. The lowest BCUT2D eigenvalue weighted by atomic mass is 10.1. The average molecular weight is 348 g/mol. The van der Waals surface area contributed by atoms with Gasteiger partial charge in [-0.05, 0) is 62.2 Å². The zero-order valence-corrected chi connectivity index (χ0v) is 14.0. The molecule has 0 saturated heterocycles. The third-order valence-corrected chi connectivity index (χ3v) is 3.60. The zero-order valence-electron chi connectivity index (χ0n) is 12.4. The van der Waals surface area contributed by atoms with Crippen molar-refractivity contribution in [2.24, 2.45) is 0 Å². The summed E-state index contributed by atoms with van der Waals surface area (Å²) < 4.78 is 6.43. The third-order valence-electron chi connectivity index (χ3n) is 3.14. The molecule has 4 heteroatoms. The molecule has 1 amide bonds. The fourth-order valence-corrected chi connectivity index (χ4v) is 2.87. The number of anilines is 1. The number of hydrogen-bond donors (Lipinski definition) is 1. The average Bonchev–Trinajstić information content (AvgIpc) is 2.43. The van der Waals surface area contributed by atoms with Crippen LogP contribution in [0.1, 0.15) is 28.4 Å². The first kappa shape index (κ1) is 15.6. The smallest absolute Gasteiger partial charge is 0.255 e. The van der Waals surface area contributed by atoms with E-state index in [9.17, 15) is 4.79 Å². The summed E-state index contributed by atoms with van der Waals surface area (Å²) in [6.07, 6.45) is 0. The number of hydrogen-bond acceptors (Lipinski definition) is 2. The molecular formula is C17H18BrNO2. The van der Waals surface area contributed by atoms with Crippen LogP contribution in [-0.4, -0.2) is 12.5 Å². The summed E-state index contributed by atoms with van der Waals surface area (Å²) in [5.41, 5.74) is 3.49. The maximum absolute atomic E-state index is 12.4. The Hall–Kier alpha value is -1.81. The largest absolute Gasteiger partial charge is 0.494 e. The van der Waals surface area contributed by atoms with Crippen LogP contribution < -0.4 is 10.1 Å². The van der Waals surface area contributed by atoms with Crippen molar-refractivity contribution in [2.45, 2.75) is 20.8 Å². The van der Waals surface area contributed by atoms with Crippen molar-refractivity contribution in [1.82, 2.24) is 0 Å². The van der Waals surface area contributed by atoms with Gasteiger partial charge in [-0.15, -0.1) is 0 Å². The monoisotopic (exact) mass is 347 g/mol. The van der Waals surface area contributed by atoms with E-state index < -0.39 is 0 Å². The highest BCUT2D eigenvalue weighted by atomic mass is 79.9. The molecule has 0 aliphatic carbocycles. The Morgan fingerprint density at radius 3 is 2.48 bits per heavy atom. The lowest BCUT2D eigenvalue weighted by Gasteiger charge is -2.13.